The van der Waals surface area contributed by atoms with Gasteiger partial charge in [0.1, 0.15) is 6.07 Å². The molecule has 0 aliphatic heterocycles. The molecule has 20 heavy (non-hydrogen) atoms. The SMILES string of the molecule is CC(C(=O)Nc1ccccc1C#N)N(C)CCN(C)C. The van der Waals surface area contributed by atoms with Crippen molar-refractivity contribution < 1.29 is 4.79 Å². The van der Waals surface area contributed by atoms with E-state index in [0.717, 1.165) is 13.1 Å². The van der Waals surface area contributed by atoms with Crippen molar-refractivity contribution in [3.8, 4) is 6.07 Å². The van der Waals surface area contributed by atoms with E-state index < -0.39 is 0 Å². The molecule has 0 fully saturated rings. The second kappa shape index (κ2) is 7.63. The molecule has 0 aromatic heterocycles. The molecule has 1 atom stereocenters. The summed E-state index contributed by atoms with van der Waals surface area (Å²) in [6.07, 6.45) is 0. The molecule has 1 rings (SSSR count). The normalized spacial score (nSPS) is 12.2. The molecule has 1 unspecified atom stereocenters. The van der Waals surface area contributed by atoms with Gasteiger partial charge in [0.05, 0.1) is 17.3 Å². The molecule has 0 aliphatic carbocycles. The number of para-hydroxylation sites is 1. The van der Waals surface area contributed by atoms with Crippen LogP contribution in [0.3, 0.4) is 0 Å². The first-order chi connectivity index (χ1) is 9.45. The smallest absolute Gasteiger partial charge is 0.241 e. The Balaban J connectivity index is 2.64. The number of rotatable bonds is 6. The van der Waals surface area contributed by atoms with Gasteiger partial charge < -0.3 is 10.2 Å². The van der Waals surface area contributed by atoms with Crippen molar-refractivity contribution in [1.29, 1.82) is 5.26 Å². The van der Waals surface area contributed by atoms with Crippen LogP contribution in [0, 0.1) is 11.3 Å². The molecule has 0 aliphatic rings. The average Bonchev–Trinajstić information content (AvgIpc) is 2.44. The first-order valence-corrected chi connectivity index (χ1v) is 6.60. The van der Waals surface area contributed by atoms with Gasteiger partial charge in [0.2, 0.25) is 5.91 Å². The van der Waals surface area contributed by atoms with E-state index in [1.165, 1.54) is 0 Å². The fourth-order valence-corrected chi connectivity index (χ4v) is 1.68. The first-order valence-electron chi connectivity index (χ1n) is 6.60. The first kappa shape index (κ1) is 16.2. The lowest BCUT2D eigenvalue weighted by Crippen LogP contribution is -2.42. The van der Waals surface area contributed by atoms with Crippen LogP contribution in [0.1, 0.15) is 12.5 Å². The van der Waals surface area contributed by atoms with Gasteiger partial charge in [-0.2, -0.15) is 5.26 Å². The molecule has 5 heteroatoms. The number of likely N-dealkylation sites (N-methyl/N-ethyl adjacent to an activating group) is 2. The van der Waals surface area contributed by atoms with Gasteiger partial charge in [0.25, 0.3) is 0 Å². The van der Waals surface area contributed by atoms with E-state index in [0.29, 0.717) is 11.3 Å². The monoisotopic (exact) mass is 274 g/mol. The lowest BCUT2D eigenvalue weighted by Gasteiger charge is -2.25. The van der Waals surface area contributed by atoms with E-state index in [-0.39, 0.29) is 11.9 Å². The topological polar surface area (TPSA) is 59.4 Å². The van der Waals surface area contributed by atoms with Gasteiger partial charge in [-0.15, -0.1) is 0 Å². The molecular formula is C15H22N4O. The number of anilines is 1. The molecule has 5 nitrogen and oxygen atoms in total. The second-order valence-electron chi connectivity index (χ2n) is 5.11. The van der Waals surface area contributed by atoms with Crippen LogP contribution in [0.15, 0.2) is 24.3 Å². The Labute approximate surface area is 120 Å². The molecule has 1 aromatic carbocycles. The Morgan fingerprint density at radius 1 is 1.30 bits per heavy atom. The maximum absolute atomic E-state index is 12.2. The van der Waals surface area contributed by atoms with Gasteiger partial charge in [0, 0.05) is 13.1 Å². The van der Waals surface area contributed by atoms with Gasteiger partial charge >= 0.3 is 0 Å². The number of carbonyl (C=O) groups excluding carboxylic acids is 1. The standard InChI is InChI=1S/C15H22N4O/c1-12(19(4)10-9-18(2)3)15(20)17-14-8-6-5-7-13(14)11-16/h5-8,12H,9-10H2,1-4H3,(H,17,20). The number of nitrogens with zero attached hydrogens (tertiary/aromatic N) is 3. The van der Waals surface area contributed by atoms with Crippen molar-refractivity contribution in [2.75, 3.05) is 39.5 Å². The van der Waals surface area contributed by atoms with E-state index in [2.05, 4.69) is 16.3 Å². The quantitative estimate of drug-likeness (QED) is 0.851. The fourth-order valence-electron chi connectivity index (χ4n) is 1.68. The molecule has 1 N–H and O–H groups in total. The molecule has 1 aromatic rings. The lowest BCUT2D eigenvalue weighted by molar-refractivity contribution is -0.120. The summed E-state index contributed by atoms with van der Waals surface area (Å²) >= 11 is 0. The molecule has 0 bridgehead atoms. The Morgan fingerprint density at radius 3 is 2.55 bits per heavy atom. The van der Waals surface area contributed by atoms with Crippen LogP contribution in [-0.4, -0.2) is 56.0 Å². The van der Waals surface area contributed by atoms with Gasteiger partial charge in [-0.1, -0.05) is 12.1 Å². The zero-order valence-electron chi connectivity index (χ0n) is 12.6. The molecule has 0 spiro atoms. The maximum Gasteiger partial charge on any atom is 0.241 e. The minimum Gasteiger partial charge on any atom is -0.324 e. The van der Waals surface area contributed by atoms with Crippen LogP contribution in [0.25, 0.3) is 0 Å². The number of nitriles is 1. The number of nitrogens with one attached hydrogen (secondary N) is 1. The molecule has 0 heterocycles. The van der Waals surface area contributed by atoms with Crippen molar-refractivity contribution in [1.82, 2.24) is 9.80 Å². The Bertz CT molecular complexity index is 493. The third-order valence-electron chi connectivity index (χ3n) is 3.25. The minimum absolute atomic E-state index is 0.103. The van der Waals surface area contributed by atoms with Crippen molar-refractivity contribution >= 4 is 11.6 Å². The summed E-state index contributed by atoms with van der Waals surface area (Å²) in [5.74, 6) is -0.103. The van der Waals surface area contributed by atoms with Crippen LogP contribution >= 0.6 is 0 Å². The van der Waals surface area contributed by atoms with E-state index in [1.807, 2.05) is 33.0 Å². The van der Waals surface area contributed by atoms with Crippen LogP contribution in [0.5, 0.6) is 0 Å². The van der Waals surface area contributed by atoms with Crippen LogP contribution < -0.4 is 5.32 Å². The summed E-state index contributed by atoms with van der Waals surface area (Å²) < 4.78 is 0. The van der Waals surface area contributed by atoms with Gasteiger partial charge in [-0.3, -0.25) is 9.69 Å². The van der Waals surface area contributed by atoms with E-state index >= 15 is 0 Å². The fraction of sp³-hybridized carbons (Fsp3) is 0.467. The molecule has 0 saturated heterocycles. The zero-order chi connectivity index (χ0) is 15.1. The summed E-state index contributed by atoms with van der Waals surface area (Å²) in [5.41, 5.74) is 1.04. The van der Waals surface area contributed by atoms with E-state index in [9.17, 15) is 4.79 Å². The zero-order valence-corrected chi connectivity index (χ0v) is 12.6. The predicted octanol–water partition coefficient (Wildman–Crippen LogP) is 1.38. The van der Waals surface area contributed by atoms with Crippen LogP contribution in [0.2, 0.25) is 0 Å². The lowest BCUT2D eigenvalue weighted by atomic mass is 10.2. The Morgan fingerprint density at radius 2 is 1.95 bits per heavy atom. The van der Waals surface area contributed by atoms with Crippen molar-refractivity contribution in [2.45, 2.75) is 13.0 Å². The van der Waals surface area contributed by atoms with Crippen LogP contribution in [-0.2, 0) is 4.79 Å². The highest BCUT2D eigenvalue weighted by Gasteiger charge is 2.18. The minimum atomic E-state index is -0.248. The summed E-state index contributed by atoms with van der Waals surface area (Å²) in [5, 5.41) is 11.8. The van der Waals surface area contributed by atoms with Crippen molar-refractivity contribution in [2.24, 2.45) is 0 Å². The molecular weight excluding hydrogens is 252 g/mol. The summed E-state index contributed by atoms with van der Waals surface area (Å²) in [7, 11) is 5.92. The van der Waals surface area contributed by atoms with Crippen molar-refractivity contribution in [3.05, 3.63) is 29.8 Å². The van der Waals surface area contributed by atoms with Crippen LogP contribution in [0.4, 0.5) is 5.69 Å². The predicted molar refractivity (Wildman–Crippen MR) is 80.4 cm³/mol. The third kappa shape index (κ3) is 4.65. The Kier molecular flexibility index (Phi) is 6.16. The average molecular weight is 274 g/mol. The van der Waals surface area contributed by atoms with E-state index in [4.69, 9.17) is 5.26 Å². The second-order valence-corrected chi connectivity index (χ2v) is 5.11. The maximum atomic E-state index is 12.2. The molecule has 1 amide bonds. The number of hydrogen-bond acceptors (Lipinski definition) is 4. The third-order valence-corrected chi connectivity index (χ3v) is 3.25. The van der Waals surface area contributed by atoms with Gasteiger partial charge in [-0.25, -0.2) is 0 Å². The van der Waals surface area contributed by atoms with E-state index in [1.54, 1.807) is 24.3 Å². The number of hydrogen-bond donors (Lipinski definition) is 1. The largest absolute Gasteiger partial charge is 0.324 e. The number of amides is 1. The number of benzene rings is 1. The molecule has 108 valence electrons. The summed E-state index contributed by atoms with van der Waals surface area (Å²) in [4.78, 5) is 16.3. The summed E-state index contributed by atoms with van der Waals surface area (Å²) in [6, 6.07) is 8.84. The molecule has 0 saturated carbocycles. The van der Waals surface area contributed by atoms with Gasteiger partial charge in [0.15, 0.2) is 0 Å². The summed E-state index contributed by atoms with van der Waals surface area (Å²) in [6.45, 7) is 3.56. The highest BCUT2D eigenvalue weighted by Crippen LogP contribution is 2.14. The van der Waals surface area contributed by atoms with Gasteiger partial charge in [-0.05, 0) is 40.2 Å². The van der Waals surface area contributed by atoms with Crippen molar-refractivity contribution in [3.63, 3.8) is 0 Å². The Hall–Kier alpha value is -1.90. The highest BCUT2D eigenvalue weighted by atomic mass is 16.2. The number of carbonyl (C=O) groups is 1. The highest BCUT2D eigenvalue weighted by molar-refractivity contribution is 5.95. The molecule has 0 radical (unpaired) electrons.